The Morgan fingerprint density at radius 3 is 0.794 bits per heavy atom. The van der Waals surface area contributed by atoms with E-state index < -0.39 is 23.9 Å². The Kier molecular flexibility index (Phi) is 30.3. The van der Waals surface area contributed by atoms with E-state index in [2.05, 4.69) is 45.2 Å². The number of carbonyl (C=O) groups is 4. The highest BCUT2D eigenvalue weighted by Gasteiger charge is 1.87. The van der Waals surface area contributed by atoms with Crippen molar-refractivity contribution in [3.05, 3.63) is 55.7 Å². The molecular formula is C22H30I2O10. The Bertz CT molecular complexity index is 698. The van der Waals surface area contributed by atoms with Crippen LogP contribution in [0, 0.1) is 7.14 Å². The molecule has 34 heavy (non-hydrogen) atoms. The Morgan fingerprint density at radius 1 is 0.529 bits per heavy atom. The van der Waals surface area contributed by atoms with Gasteiger partial charge < -0.3 is 29.9 Å². The molecule has 0 saturated heterocycles. The summed E-state index contributed by atoms with van der Waals surface area (Å²) >= 11 is 4.51. The van der Waals surface area contributed by atoms with E-state index in [-0.39, 0.29) is 0 Å². The molecule has 0 fully saturated rings. The molecule has 4 N–H and O–H groups in total. The minimum Gasteiger partial charge on any atom is -0.497 e. The second-order valence-electron chi connectivity index (χ2n) is 5.39. The zero-order chi connectivity index (χ0) is 27.7. The molecule has 12 heteroatoms. The molecule has 0 aromatic heterocycles. The average molecular weight is 708 g/mol. The van der Waals surface area contributed by atoms with Crippen molar-refractivity contribution < 1.29 is 49.1 Å². The highest BCUT2D eigenvalue weighted by atomic mass is 127. The number of carboxylic acid groups (broad SMARTS) is 4. The normalized spacial score (nSPS) is 7.76. The molecule has 0 bridgehead atoms. The number of ether oxygens (including phenoxy) is 2. The minimum absolute atomic E-state index is 0.833. The summed E-state index contributed by atoms with van der Waals surface area (Å²) in [7, 11) is 3.34. The first-order chi connectivity index (χ1) is 15.6. The fourth-order valence-electron chi connectivity index (χ4n) is 1.14. The van der Waals surface area contributed by atoms with Crippen LogP contribution >= 0.6 is 45.2 Å². The third kappa shape index (κ3) is 51.8. The molecule has 0 aliphatic rings. The molecule has 2 aromatic carbocycles. The van der Waals surface area contributed by atoms with E-state index in [1.807, 2.05) is 48.5 Å². The van der Waals surface area contributed by atoms with Crippen LogP contribution in [0.15, 0.2) is 48.5 Å². The lowest BCUT2D eigenvalue weighted by atomic mass is 10.3. The largest absolute Gasteiger partial charge is 0.497 e. The van der Waals surface area contributed by atoms with E-state index >= 15 is 0 Å². The van der Waals surface area contributed by atoms with Gasteiger partial charge in [0.15, 0.2) is 0 Å². The van der Waals surface area contributed by atoms with Crippen molar-refractivity contribution in [2.24, 2.45) is 0 Å². The van der Waals surface area contributed by atoms with Gasteiger partial charge in [-0.2, -0.15) is 0 Å². The van der Waals surface area contributed by atoms with E-state index in [0.717, 1.165) is 39.2 Å². The van der Waals surface area contributed by atoms with Gasteiger partial charge in [0.05, 0.1) is 14.2 Å². The van der Waals surface area contributed by atoms with Crippen molar-refractivity contribution in [3.8, 4) is 11.5 Å². The number of aliphatic carboxylic acids is 4. The first kappa shape index (κ1) is 38.6. The van der Waals surface area contributed by atoms with E-state index in [9.17, 15) is 0 Å². The van der Waals surface area contributed by atoms with Crippen LogP contribution in [-0.4, -0.2) is 58.5 Å². The average Bonchev–Trinajstić information content (AvgIpc) is 2.68. The van der Waals surface area contributed by atoms with Gasteiger partial charge in [0.1, 0.15) is 11.5 Å². The molecule has 0 aliphatic heterocycles. The summed E-state index contributed by atoms with van der Waals surface area (Å²) in [6, 6.07) is 15.8. The number of hydrogen-bond donors (Lipinski definition) is 4. The lowest BCUT2D eigenvalue weighted by Crippen LogP contribution is -1.80. The third-order valence-corrected chi connectivity index (χ3v) is 3.54. The second-order valence-corrected chi connectivity index (χ2v) is 7.88. The molecule has 0 radical (unpaired) electrons. The number of benzene rings is 2. The van der Waals surface area contributed by atoms with E-state index in [1.165, 1.54) is 7.14 Å². The minimum atomic E-state index is -0.833. The van der Waals surface area contributed by atoms with Gasteiger partial charge in [-0.15, -0.1) is 0 Å². The molecule has 2 rings (SSSR count). The van der Waals surface area contributed by atoms with Crippen LogP contribution in [0.2, 0.25) is 0 Å². The van der Waals surface area contributed by atoms with Crippen molar-refractivity contribution in [1.82, 2.24) is 0 Å². The molecule has 0 atom stereocenters. The summed E-state index contributed by atoms with van der Waals surface area (Å²) in [6.45, 7) is 4.33. The summed E-state index contributed by atoms with van der Waals surface area (Å²) in [5.74, 6) is -1.51. The first-order valence-electron chi connectivity index (χ1n) is 8.96. The summed E-state index contributed by atoms with van der Waals surface area (Å²) in [4.78, 5) is 36.0. The van der Waals surface area contributed by atoms with Crippen LogP contribution < -0.4 is 9.47 Å². The zero-order valence-corrected chi connectivity index (χ0v) is 23.9. The quantitative estimate of drug-likeness (QED) is 0.313. The summed E-state index contributed by atoms with van der Waals surface area (Å²) < 4.78 is 12.4. The van der Waals surface area contributed by atoms with Crippen LogP contribution in [0.4, 0.5) is 0 Å². The first-order valence-corrected chi connectivity index (χ1v) is 11.1. The predicted octanol–water partition coefficient (Wildman–Crippen LogP) is 4.96. The van der Waals surface area contributed by atoms with E-state index in [0.29, 0.717) is 0 Å². The van der Waals surface area contributed by atoms with Gasteiger partial charge in [0.2, 0.25) is 0 Å². The van der Waals surface area contributed by atoms with Crippen molar-refractivity contribution in [3.63, 3.8) is 0 Å². The molecule has 0 aliphatic carbocycles. The highest BCUT2D eigenvalue weighted by Crippen LogP contribution is 2.12. The van der Waals surface area contributed by atoms with E-state index in [1.54, 1.807) is 14.2 Å². The summed E-state index contributed by atoms with van der Waals surface area (Å²) in [5.41, 5.74) is 0. The molecule has 0 heterocycles. The summed E-state index contributed by atoms with van der Waals surface area (Å²) in [5, 5.41) is 29.7. The zero-order valence-electron chi connectivity index (χ0n) is 19.6. The number of halogens is 2. The highest BCUT2D eigenvalue weighted by molar-refractivity contribution is 14.1. The van der Waals surface area contributed by atoms with Crippen LogP contribution in [0.5, 0.6) is 11.5 Å². The number of rotatable bonds is 2. The monoisotopic (exact) mass is 708 g/mol. The van der Waals surface area contributed by atoms with Crippen LogP contribution in [-0.2, 0) is 19.2 Å². The van der Waals surface area contributed by atoms with Crippen LogP contribution in [0.25, 0.3) is 0 Å². The number of carboxylic acids is 4. The van der Waals surface area contributed by atoms with Crippen molar-refractivity contribution in [2.75, 3.05) is 14.2 Å². The predicted molar refractivity (Wildman–Crippen MR) is 145 cm³/mol. The number of methoxy groups -OCH3 is 2. The standard InChI is InChI=1S/2C7H7IO.4C2H4O2/c2*1-9-7-4-2-6(8)3-5-7;4*1-2(3)4/h2*2-5H,1H3;4*1H3,(H,3,4). The van der Waals surface area contributed by atoms with Gasteiger partial charge in [-0.05, 0) is 93.7 Å². The maximum absolute atomic E-state index is 9.00. The molecule has 0 amide bonds. The maximum Gasteiger partial charge on any atom is 0.300 e. The second kappa shape index (κ2) is 26.6. The van der Waals surface area contributed by atoms with Crippen LogP contribution in [0.1, 0.15) is 27.7 Å². The number of hydrogen-bond acceptors (Lipinski definition) is 6. The molecule has 0 spiro atoms. The Balaban J connectivity index is -0.000000168. The molecule has 0 saturated carbocycles. The van der Waals surface area contributed by atoms with Gasteiger partial charge in [0.25, 0.3) is 23.9 Å². The molecule has 0 unspecified atom stereocenters. The van der Waals surface area contributed by atoms with Gasteiger partial charge >= 0.3 is 0 Å². The molecule has 2 aromatic rings. The van der Waals surface area contributed by atoms with E-state index in [4.69, 9.17) is 49.1 Å². The smallest absolute Gasteiger partial charge is 0.300 e. The molecule has 10 nitrogen and oxygen atoms in total. The van der Waals surface area contributed by atoms with Gasteiger partial charge in [-0.3, -0.25) is 19.2 Å². The Morgan fingerprint density at radius 2 is 0.676 bits per heavy atom. The Hall–Kier alpha value is -2.62. The van der Waals surface area contributed by atoms with Crippen molar-refractivity contribution >= 4 is 69.1 Å². The van der Waals surface area contributed by atoms with Gasteiger partial charge in [-0.1, -0.05) is 0 Å². The van der Waals surface area contributed by atoms with Gasteiger partial charge in [-0.25, -0.2) is 0 Å². The third-order valence-electron chi connectivity index (χ3n) is 2.10. The Labute approximate surface area is 226 Å². The van der Waals surface area contributed by atoms with Crippen molar-refractivity contribution in [1.29, 1.82) is 0 Å². The maximum atomic E-state index is 9.00. The molecular weight excluding hydrogens is 678 g/mol. The lowest BCUT2D eigenvalue weighted by molar-refractivity contribution is -0.135. The lowest BCUT2D eigenvalue weighted by Gasteiger charge is -1.96. The van der Waals surface area contributed by atoms with Gasteiger partial charge in [0, 0.05) is 34.8 Å². The topological polar surface area (TPSA) is 168 Å². The fraction of sp³-hybridized carbons (Fsp3) is 0.273. The van der Waals surface area contributed by atoms with Crippen molar-refractivity contribution in [2.45, 2.75) is 27.7 Å². The summed E-state index contributed by atoms with van der Waals surface area (Å²) in [6.07, 6.45) is 0. The molecule has 192 valence electrons. The fourth-order valence-corrected chi connectivity index (χ4v) is 1.86. The van der Waals surface area contributed by atoms with Crippen LogP contribution in [0.3, 0.4) is 0 Å². The SMILES string of the molecule is CC(=O)O.CC(=O)O.CC(=O)O.CC(=O)O.COc1ccc(I)cc1.COc1ccc(I)cc1.